The molecule has 0 heterocycles. The van der Waals surface area contributed by atoms with Gasteiger partial charge >= 0.3 is 0 Å². The van der Waals surface area contributed by atoms with Crippen LogP contribution in [0.4, 0.5) is 0 Å². The Kier molecular flexibility index (Phi) is 27.2. The van der Waals surface area contributed by atoms with Gasteiger partial charge in [0.15, 0.2) is 0 Å². The van der Waals surface area contributed by atoms with Gasteiger partial charge in [0.2, 0.25) is 0 Å². The molecular formula is C23H46N2O. The molecule has 0 aliphatic carbocycles. The Morgan fingerprint density at radius 2 is 1.12 bits per heavy atom. The van der Waals surface area contributed by atoms with E-state index in [1.165, 1.54) is 83.5 Å². The van der Waals surface area contributed by atoms with E-state index in [1.54, 1.807) is 0 Å². The van der Waals surface area contributed by atoms with Gasteiger partial charge in [-0.25, -0.2) is 0 Å². The van der Waals surface area contributed by atoms with Crippen LogP contribution in [-0.2, 0) is 4.79 Å². The van der Waals surface area contributed by atoms with Gasteiger partial charge in [-0.15, -0.1) is 0 Å². The summed E-state index contributed by atoms with van der Waals surface area (Å²) in [5.74, 6) is 0.259. The van der Waals surface area contributed by atoms with Crippen molar-refractivity contribution in [2.45, 2.75) is 123 Å². The number of unbranched alkanes of at least 4 members (excludes halogenated alkanes) is 14. The highest BCUT2D eigenvalue weighted by atomic mass is 16.1. The minimum absolute atomic E-state index is 0.259. The van der Waals surface area contributed by atoms with Crippen molar-refractivity contribution < 1.29 is 4.79 Å². The number of amidine groups is 1. The molecule has 0 aromatic heterocycles. The van der Waals surface area contributed by atoms with E-state index in [-0.39, 0.29) is 5.84 Å². The van der Waals surface area contributed by atoms with Crippen LogP contribution in [0.5, 0.6) is 0 Å². The first-order valence-corrected chi connectivity index (χ1v) is 11.1. The van der Waals surface area contributed by atoms with E-state index in [4.69, 9.17) is 11.1 Å². The highest BCUT2D eigenvalue weighted by Crippen LogP contribution is 2.12. The molecule has 0 amide bonds. The maximum atomic E-state index is 9.68. The van der Waals surface area contributed by atoms with Crippen LogP contribution >= 0.6 is 0 Å². The van der Waals surface area contributed by atoms with Crippen molar-refractivity contribution in [1.29, 1.82) is 5.41 Å². The van der Waals surface area contributed by atoms with Gasteiger partial charge in [-0.2, -0.15) is 0 Å². The Balaban J connectivity index is 0. The first kappa shape index (κ1) is 27.1. The second-order valence-corrected chi connectivity index (χ2v) is 7.19. The van der Waals surface area contributed by atoms with Crippen molar-refractivity contribution in [3.05, 3.63) is 12.2 Å². The molecule has 0 aromatic rings. The Morgan fingerprint density at radius 1 is 0.692 bits per heavy atom. The number of allylic oxidation sites excluding steroid dienone is 1. The van der Waals surface area contributed by atoms with Crippen LogP contribution in [0.15, 0.2) is 12.2 Å². The molecule has 0 atom stereocenters. The van der Waals surface area contributed by atoms with E-state index in [2.05, 4.69) is 19.9 Å². The fraction of sp³-hybridized carbons (Fsp3) is 0.826. The number of nitrogens with one attached hydrogen (secondary N) is 1. The number of hydrogen-bond acceptors (Lipinski definition) is 2. The van der Waals surface area contributed by atoms with Crippen LogP contribution < -0.4 is 5.73 Å². The van der Waals surface area contributed by atoms with Crippen LogP contribution in [-0.4, -0.2) is 12.1 Å². The molecule has 0 saturated carbocycles. The predicted molar refractivity (Wildman–Crippen MR) is 117 cm³/mol. The molecule has 0 rings (SSSR count). The molecule has 26 heavy (non-hydrogen) atoms. The number of nitrogens with two attached hydrogens (primary N) is 1. The maximum absolute atomic E-state index is 9.68. The quantitative estimate of drug-likeness (QED) is 0.0876. The second kappa shape index (κ2) is 26.1. The van der Waals surface area contributed by atoms with Crippen molar-refractivity contribution in [2.75, 3.05) is 0 Å². The molecule has 0 aliphatic heterocycles. The van der Waals surface area contributed by atoms with Crippen molar-refractivity contribution in [2.24, 2.45) is 5.73 Å². The third kappa shape index (κ3) is 30.7. The fourth-order valence-electron chi connectivity index (χ4n) is 2.73. The van der Waals surface area contributed by atoms with Gasteiger partial charge in [-0.05, 0) is 19.3 Å². The summed E-state index contributed by atoms with van der Waals surface area (Å²) in [6.45, 7) is 4.40. The maximum Gasteiger partial charge on any atom is 0.119 e. The van der Waals surface area contributed by atoms with Crippen LogP contribution in [0, 0.1) is 5.41 Å². The van der Waals surface area contributed by atoms with Gasteiger partial charge < -0.3 is 10.5 Å². The summed E-state index contributed by atoms with van der Waals surface area (Å²) in [4.78, 5) is 9.68. The zero-order valence-electron chi connectivity index (χ0n) is 17.7. The van der Waals surface area contributed by atoms with E-state index in [0.717, 1.165) is 25.5 Å². The van der Waals surface area contributed by atoms with Gasteiger partial charge in [0, 0.05) is 12.8 Å². The summed E-state index contributed by atoms with van der Waals surface area (Å²) in [5, 5.41) is 7.08. The highest BCUT2D eigenvalue weighted by molar-refractivity contribution is 5.78. The van der Waals surface area contributed by atoms with E-state index in [1.807, 2.05) is 6.08 Å². The molecule has 3 N–H and O–H groups in total. The molecule has 3 heteroatoms. The fourth-order valence-corrected chi connectivity index (χ4v) is 2.73. The first-order valence-electron chi connectivity index (χ1n) is 11.1. The Bertz CT molecular complexity index is 313. The third-order valence-corrected chi connectivity index (χ3v) is 4.40. The van der Waals surface area contributed by atoms with E-state index < -0.39 is 0 Å². The lowest BCUT2D eigenvalue weighted by Gasteiger charge is -2.01. The molecule has 0 spiro atoms. The molecule has 0 saturated heterocycles. The topological polar surface area (TPSA) is 66.9 Å². The Morgan fingerprint density at radius 3 is 1.58 bits per heavy atom. The SMILES string of the molecule is CCCCCC=O.CCCCCCCCCCCCC/C=C/CC(=N)N. The average Bonchev–Trinajstić information content (AvgIpc) is 2.63. The van der Waals surface area contributed by atoms with Crippen LogP contribution in [0.1, 0.15) is 123 Å². The summed E-state index contributed by atoms with van der Waals surface area (Å²) in [5.41, 5.74) is 5.27. The van der Waals surface area contributed by atoms with Gasteiger partial charge in [-0.3, -0.25) is 5.41 Å². The minimum Gasteiger partial charge on any atom is -0.387 e. The van der Waals surface area contributed by atoms with Crippen molar-refractivity contribution >= 4 is 12.1 Å². The molecule has 0 radical (unpaired) electrons. The minimum atomic E-state index is 0.259. The predicted octanol–water partition coefficient (Wildman–Crippen LogP) is 7.34. The third-order valence-electron chi connectivity index (χ3n) is 4.40. The molecule has 0 aliphatic rings. The van der Waals surface area contributed by atoms with Crippen molar-refractivity contribution in [3.63, 3.8) is 0 Å². The summed E-state index contributed by atoms with van der Waals surface area (Å²) in [6.07, 6.45) is 26.5. The normalized spacial score (nSPS) is 10.5. The first-order chi connectivity index (χ1) is 12.7. The lowest BCUT2D eigenvalue weighted by Crippen LogP contribution is -2.06. The Labute approximate surface area is 163 Å². The zero-order chi connectivity index (χ0) is 19.7. The van der Waals surface area contributed by atoms with Crippen molar-refractivity contribution in [3.8, 4) is 0 Å². The largest absolute Gasteiger partial charge is 0.387 e. The second-order valence-electron chi connectivity index (χ2n) is 7.19. The molecule has 0 bridgehead atoms. The molecular weight excluding hydrogens is 320 g/mol. The Hall–Kier alpha value is -1.12. The number of aldehydes is 1. The highest BCUT2D eigenvalue weighted by Gasteiger charge is 1.92. The van der Waals surface area contributed by atoms with Gasteiger partial charge in [0.1, 0.15) is 6.29 Å². The van der Waals surface area contributed by atoms with E-state index in [9.17, 15) is 4.79 Å². The van der Waals surface area contributed by atoms with Crippen molar-refractivity contribution in [1.82, 2.24) is 0 Å². The number of carbonyl (C=O) groups excluding carboxylic acids is 1. The number of hydrogen-bond donors (Lipinski definition) is 2. The standard InChI is InChI=1S/C17H34N2.C6H12O/c1-2-3-4-5-6-7-8-9-10-11-12-13-14-15-16-17(18)19;1-2-3-4-5-6-7/h14-15H,2-13,16H2,1H3,(H3,18,19);6H,2-5H2,1H3/b15-14+;. The molecule has 0 aromatic carbocycles. The summed E-state index contributed by atoms with van der Waals surface area (Å²) in [7, 11) is 0. The van der Waals surface area contributed by atoms with Crippen LogP contribution in [0.25, 0.3) is 0 Å². The van der Waals surface area contributed by atoms with Crippen LogP contribution in [0.3, 0.4) is 0 Å². The monoisotopic (exact) mass is 366 g/mol. The smallest absolute Gasteiger partial charge is 0.119 e. The van der Waals surface area contributed by atoms with E-state index in [0.29, 0.717) is 6.42 Å². The molecule has 0 fully saturated rings. The summed E-state index contributed by atoms with van der Waals surface area (Å²) < 4.78 is 0. The lowest BCUT2D eigenvalue weighted by molar-refractivity contribution is -0.107. The zero-order valence-corrected chi connectivity index (χ0v) is 17.7. The van der Waals surface area contributed by atoms with E-state index >= 15 is 0 Å². The molecule has 3 nitrogen and oxygen atoms in total. The number of carbonyl (C=O) groups is 1. The van der Waals surface area contributed by atoms with Crippen LogP contribution in [0.2, 0.25) is 0 Å². The van der Waals surface area contributed by atoms with Gasteiger partial charge in [0.05, 0.1) is 5.84 Å². The summed E-state index contributed by atoms with van der Waals surface area (Å²) in [6, 6.07) is 0. The average molecular weight is 367 g/mol. The van der Waals surface area contributed by atoms with Gasteiger partial charge in [0.25, 0.3) is 0 Å². The lowest BCUT2D eigenvalue weighted by atomic mass is 10.1. The molecule has 154 valence electrons. The molecule has 0 unspecified atom stereocenters. The number of rotatable bonds is 18. The summed E-state index contributed by atoms with van der Waals surface area (Å²) >= 11 is 0. The van der Waals surface area contributed by atoms with Gasteiger partial charge in [-0.1, -0.05) is 103 Å².